The van der Waals surface area contributed by atoms with Crippen molar-refractivity contribution in [2.24, 2.45) is 5.41 Å². The van der Waals surface area contributed by atoms with E-state index in [2.05, 4.69) is 21.4 Å². The summed E-state index contributed by atoms with van der Waals surface area (Å²) < 4.78 is 17.4. The molecule has 1 heterocycles. The Morgan fingerprint density at radius 1 is 1.26 bits per heavy atom. The fourth-order valence-corrected chi connectivity index (χ4v) is 4.88. The highest BCUT2D eigenvalue weighted by Crippen LogP contribution is 2.55. The molecule has 3 rings (SSSR count). The quantitative estimate of drug-likeness (QED) is 0.437. The number of aromatic nitrogens is 2. The molecule has 1 amide bonds. The first-order chi connectivity index (χ1) is 14.7. The molecule has 1 unspecified atom stereocenters. The SMILES string of the molecule is CCOC(OCC)C1=Cc2cnc(Cl)nc2C1C1(CNC(=O)OC(C)(C)C)CCCC1. The normalized spacial score (nSPS) is 20.0. The van der Waals surface area contributed by atoms with Gasteiger partial charge < -0.3 is 19.5 Å². The maximum absolute atomic E-state index is 12.4. The lowest BCUT2D eigenvalue weighted by molar-refractivity contribution is -0.115. The highest BCUT2D eigenvalue weighted by molar-refractivity contribution is 6.28. The Kier molecular flexibility index (Phi) is 7.60. The van der Waals surface area contributed by atoms with Gasteiger partial charge in [-0.15, -0.1) is 0 Å². The fraction of sp³-hybridized carbons (Fsp3) is 0.696. The topological polar surface area (TPSA) is 82.6 Å². The smallest absolute Gasteiger partial charge is 0.407 e. The highest BCUT2D eigenvalue weighted by Gasteiger charge is 2.49. The van der Waals surface area contributed by atoms with Gasteiger partial charge in [0.25, 0.3) is 0 Å². The molecular formula is C23H34ClN3O4. The minimum Gasteiger partial charge on any atom is -0.444 e. The summed E-state index contributed by atoms with van der Waals surface area (Å²) in [4.78, 5) is 21.2. The van der Waals surface area contributed by atoms with Crippen LogP contribution in [0.1, 0.15) is 77.5 Å². The first-order valence-corrected chi connectivity index (χ1v) is 11.5. The van der Waals surface area contributed by atoms with Crippen LogP contribution in [0.3, 0.4) is 0 Å². The largest absolute Gasteiger partial charge is 0.444 e. The van der Waals surface area contributed by atoms with Gasteiger partial charge in [0.15, 0.2) is 6.29 Å². The summed E-state index contributed by atoms with van der Waals surface area (Å²) in [5.74, 6) is -0.0801. The second-order valence-electron chi connectivity index (χ2n) is 9.22. The summed E-state index contributed by atoms with van der Waals surface area (Å²) in [5.41, 5.74) is 2.05. The lowest BCUT2D eigenvalue weighted by Crippen LogP contribution is -2.43. The molecule has 0 aromatic carbocycles. The van der Waals surface area contributed by atoms with Gasteiger partial charge in [-0.25, -0.2) is 14.8 Å². The van der Waals surface area contributed by atoms with Gasteiger partial charge in [0.2, 0.25) is 5.28 Å². The van der Waals surface area contributed by atoms with Crippen molar-refractivity contribution < 1.29 is 19.0 Å². The molecule has 31 heavy (non-hydrogen) atoms. The van der Waals surface area contributed by atoms with Gasteiger partial charge in [-0.3, -0.25) is 0 Å². The van der Waals surface area contributed by atoms with E-state index in [0.29, 0.717) is 19.8 Å². The van der Waals surface area contributed by atoms with E-state index < -0.39 is 18.0 Å². The zero-order valence-corrected chi connectivity index (χ0v) is 19.9. The van der Waals surface area contributed by atoms with Crippen molar-refractivity contribution in [1.82, 2.24) is 15.3 Å². The Labute approximate surface area is 189 Å². The van der Waals surface area contributed by atoms with Crippen LogP contribution in [0.15, 0.2) is 11.8 Å². The average molecular weight is 452 g/mol. The molecule has 0 spiro atoms. The fourth-order valence-electron chi connectivity index (χ4n) is 4.74. The molecule has 2 aliphatic carbocycles. The summed E-state index contributed by atoms with van der Waals surface area (Å²) in [6.07, 6.45) is 7.02. The zero-order chi connectivity index (χ0) is 22.6. The molecule has 1 atom stereocenters. The summed E-state index contributed by atoms with van der Waals surface area (Å²) in [7, 11) is 0. The van der Waals surface area contributed by atoms with Gasteiger partial charge in [-0.1, -0.05) is 12.8 Å². The second kappa shape index (κ2) is 9.84. The number of fused-ring (bicyclic) bond motifs is 1. The Morgan fingerprint density at radius 3 is 2.48 bits per heavy atom. The second-order valence-corrected chi connectivity index (χ2v) is 9.56. The monoisotopic (exact) mass is 451 g/mol. The molecule has 2 aliphatic rings. The van der Waals surface area contributed by atoms with E-state index >= 15 is 0 Å². The number of rotatable bonds is 8. The molecule has 0 aliphatic heterocycles. The van der Waals surface area contributed by atoms with Gasteiger partial charge in [-0.05, 0) is 70.7 Å². The van der Waals surface area contributed by atoms with E-state index in [1.165, 1.54) is 0 Å². The van der Waals surface area contributed by atoms with Crippen molar-refractivity contribution in [3.05, 3.63) is 28.3 Å². The first kappa shape index (κ1) is 24.0. The minimum atomic E-state index is -0.548. The van der Waals surface area contributed by atoms with Crippen molar-refractivity contribution in [3.63, 3.8) is 0 Å². The number of amides is 1. The molecule has 1 saturated carbocycles. The summed E-state index contributed by atoms with van der Waals surface area (Å²) in [5, 5.41) is 3.24. The third kappa shape index (κ3) is 5.57. The van der Waals surface area contributed by atoms with Crippen LogP contribution >= 0.6 is 11.6 Å². The number of nitrogens with one attached hydrogen (secondary N) is 1. The molecule has 7 nitrogen and oxygen atoms in total. The van der Waals surface area contributed by atoms with Crippen molar-refractivity contribution in [1.29, 1.82) is 0 Å². The zero-order valence-electron chi connectivity index (χ0n) is 19.2. The number of ether oxygens (including phenoxy) is 3. The molecule has 172 valence electrons. The maximum atomic E-state index is 12.4. The standard InChI is InChI=1S/C23H34ClN3O4/c1-6-29-19(30-7-2)16-12-15-13-25-20(24)27-18(15)17(16)23(10-8-9-11-23)14-26-21(28)31-22(3,4)5/h12-13,17,19H,6-11,14H2,1-5H3,(H,26,28). The Bertz CT molecular complexity index is 810. The Balaban J connectivity index is 1.96. The highest BCUT2D eigenvalue weighted by atomic mass is 35.5. The average Bonchev–Trinajstić information content (AvgIpc) is 3.30. The van der Waals surface area contributed by atoms with Gasteiger partial charge in [0.05, 0.1) is 5.69 Å². The van der Waals surface area contributed by atoms with Gasteiger partial charge in [-0.2, -0.15) is 0 Å². The van der Waals surface area contributed by atoms with Crippen molar-refractivity contribution >= 4 is 23.8 Å². The number of alkyl carbamates (subject to hydrolysis) is 1. The third-order valence-electron chi connectivity index (χ3n) is 5.85. The van der Waals surface area contributed by atoms with E-state index in [1.807, 2.05) is 34.6 Å². The van der Waals surface area contributed by atoms with Crippen molar-refractivity contribution in [2.75, 3.05) is 19.8 Å². The molecule has 1 aromatic rings. The van der Waals surface area contributed by atoms with Gasteiger partial charge in [0, 0.05) is 42.9 Å². The Hall–Kier alpha value is -1.70. The molecule has 0 bridgehead atoms. The number of carbonyl (C=O) groups excluding carboxylic acids is 1. The molecule has 8 heteroatoms. The summed E-state index contributed by atoms with van der Waals surface area (Å²) >= 11 is 6.19. The van der Waals surface area contributed by atoms with Crippen LogP contribution in [0.5, 0.6) is 0 Å². The van der Waals surface area contributed by atoms with Crippen LogP contribution in [0, 0.1) is 5.41 Å². The van der Waals surface area contributed by atoms with Crippen LogP contribution in [0.4, 0.5) is 4.79 Å². The first-order valence-electron chi connectivity index (χ1n) is 11.1. The van der Waals surface area contributed by atoms with E-state index in [9.17, 15) is 4.79 Å². The number of halogens is 1. The van der Waals surface area contributed by atoms with Crippen LogP contribution in [-0.4, -0.2) is 47.7 Å². The lowest BCUT2D eigenvalue weighted by Gasteiger charge is -2.39. The maximum Gasteiger partial charge on any atom is 0.407 e. The van der Waals surface area contributed by atoms with E-state index in [1.54, 1.807) is 6.20 Å². The Morgan fingerprint density at radius 2 is 1.90 bits per heavy atom. The molecule has 0 saturated heterocycles. The molecule has 1 fully saturated rings. The summed E-state index contributed by atoms with van der Waals surface area (Å²) in [6, 6.07) is 0. The van der Waals surface area contributed by atoms with Crippen LogP contribution < -0.4 is 5.32 Å². The van der Waals surface area contributed by atoms with E-state index in [4.69, 9.17) is 25.8 Å². The van der Waals surface area contributed by atoms with Gasteiger partial charge in [0.1, 0.15) is 5.60 Å². The van der Waals surface area contributed by atoms with E-state index in [-0.39, 0.29) is 16.6 Å². The van der Waals surface area contributed by atoms with Crippen LogP contribution in [0.2, 0.25) is 5.28 Å². The van der Waals surface area contributed by atoms with E-state index in [0.717, 1.165) is 42.5 Å². The summed E-state index contributed by atoms with van der Waals surface area (Å²) in [6.45, 7) is 11.0. The molecule has 1 N–H and O–H groups in total. The third-order valence-corrected chi connectivity index (χ3v) is 6.03. The van der Waals surface area contributed by atoms with Crippen molar-refractivity contribution in [3.8, 4) is 0 Å². The van der Waals surface area contributed by atoms with Gasteiger partial charge >= 0.3 is 6.09 Å². The number of carbonyl (C=O) groups is 1. The van der Waals surface area contributed by atoms with Crippen LogP contribution in [0.25, 0.3) is 6.08 Å². The van der Waals surface area contributed by atoms with Crippen molar-refractivity contribution in [2.45, 2.75) is 78.1 Å². The number of nitrogens with zero attached hydrogens (tertiary/aromatic N) is 2. The molecule has 1 aromatic heterocycles. The number of hydrogen-bond acceptors (Lipinski definition) is 6. The predicted molar refractivity (Wildman–Crippen MR) is 120 cm³/mol. The molecular weight excluding hydrogens is 418 g/mol. The predicted octanol–water partition coefficient (Wildman–Crippen LogP) is 5.09. The minimum absolute atomic E-state index is 0.0801. The number of hydrogen-bond donors (Lipinski definition) is 1. The molecule has 0 radical (unpaired) electrons. The van der Waals surface area contributed by atoms with Crippen LogP contribution in [-0.2, 0) is 14.2 Å². The lowest BCUT2D eigenvalue weighted by atomic mass is 9.70.